The molecule has 3 heteroatoms. The van der Waals surface area contributed by atoms with Gasteiger partial charge in [-0.2, -0.15) is 0 Å². The van der Waals surface area contributed by atoms with Gasteiger partial charge < -0.3 is 9.47 Å². The zero-order valence-electron chi connectivity index (χ0n) is 31.4. The van der Waals surface area contributed by atoms with E-state index in [1.807, 2.05) is 11.3 Å². The van der Waals surface area contributed by atoms with Crippen molar-refractivity contribution in [3.8, 4) is 5.69 Å². The van der Waals surface area contributed by atoms with Gasteiger partial charge in [-0.3, -0.25) is 0 Å². The fourth-order valence-electron chi connectivity index (χ4n) is 10.1. The van der Waals surface area contributed by atoms with Crippen molar-refractivity contribution in [3.05, 3.63) is 192 Å². The van der Waals surface area contributed by atoms with E-state index in [2.05, 4.69) is 193 Å². The number of thiophene rings is 1. The average Bonchev–Trinajstić information content (AvgIpc) is 3.87. The number of hydrogen-bond acceptors (Lipinski definition) is 2. The molecule has 0 unspecified atom stereocenters. The number of aromatic nitrogens is 1. The lowest BCUT2D eigenvalue weighted by Gasteiger charge is -2.32. The van der Waals surface area contributed by atoms with Crippen LogP contribution in [0.2, 0.25) is 0 Å². The van der Waals surface area contributed by atoms with E-state index < -0.39 is 0 Å². The van der Waals surface area contributed by atoms with Crippen LogP contribution in [0.15, 0.2) is 181 Å². The molecule has 0 bridgehead atoms. The second-order valence-electron chi connectivity index (χ2n) is 16.0. The molecule has 10 aromatic rings. The Labute approximate surface area is 329 Å². The Balaban J connectivity index is 1.01. The summed E-state index contributed by atoms with van der Waals surface area (Å²) in [6, 6.07) is 61.0. The van der Waals surface area contributed by atoms with E-state index in [9.17, 15) is 0 Å². The van der Waals surface area contributed by atoms with Gasteiger partial charge in [0, 0.05) is 59.1 Å². The van der Waals surface area contributed by atoms with Gasteiger partial charge in [-0.25, -0.2) is 0 Å². The third kappa shape index (κ3) is 4.49. The predicted molar refractivity (Wildman–Crippen MR) is 241 cm³/mol. The number of anilines is 2. The SMILES string of the molecule is CC1(C)C2=C(CCC(N(c3ccccc3)c3ccc4sc5ccccc5c4c3)=C2)c2ccc(-n3c4ccc5ccccc5c4c4c5ccccc5ccc43)cc21. The molecule has 2 aromatic heterocycles. The van der Waals surface area contributed by atoms with Crippen molar-refractivity contribution >= 4 is 91.8 Å². The van der Waals surface area contributed by atoms with Gasteiger partial charge in [0.2, 0.25) is 0 Å². The Morgan fingerprint density at radius 2 is 1.18 bits per heavy atom. The highest BCUT2D eigenvalue weighted by molar-refractivity contribution is 7.25. The van der Waals surface area contributed by atoms with Crippen molar-refractivity contribution in [2.45, 2.75) is 32.1 Å². The monoisotopic (exact) mass is 734 g/mol. The Bertz CT molecular complexity index is 3240. The van der Waals surface area contributed by atoms with Crippen LogP contribution in [0.1, 0.15) is 37.8 Å². The highest BCUT2D eigenvalue weighted by atomic mass is 32.1. The fraction of sp³-hybridized carbons (Fsp3) is 0.0943. The first kappa shape index (κ1) is 31.9. The van der Waals surface area contributed by atoms with Crippen LogP contribution < -0.4 is 4.90 Å². The quantitative estimate of drug-likeness (QED) is 0.175. The van der Waals surface area contributed by atoms with E-state index in [4.69, 9.17) is 0 Å². The number of allylic oxidation sites excluding steroid dienone is 4. The first-order valence-corrected chi connectivity index (χ1v) is 20.5. The summed E-state index contributed by atoms with van der Waals surface area (Å²) in [6.45, 7) is 4.86. The first-order chi connectivity index (χ1) is 27.5. The van der Waals surface area contributed by atoms with Crippen LogP contribution in [0, 0.1) is 0 Å². The van der Waals surface area contributed by atoms with Crippen LogP contribution in [0.3, 0.4) is 0 Å². The zero-order chi connectivity index (χ0) is 37.1. The third-order valence-corrected chi connectivity index (χ3v) is 13.8. The van der Waals surface area contributed by atoms with Crippen LogP contribution in [-0.4, -0.2) is 4.57 Å². The molecule has 0 N–H and O–H groups in total. The number of para-hydroxylation sites is 1. The standard InChI is InChI=1S/C53H38N2S/c1-53(2)45-31-37(54(35-14-4-3-5-15-35)36-24-29-50-44(30-36)43-18-10-11-19-49(43)56-50)22-25-41(45)42-26-23-38(32-46(42)53)55-47-27-20-33-12-6-8-16-39(33)51(47)52-40-17-9-7-13-34(40)21-28-48(52)55/h3-21,23-24,26-32H,22,25H2,1-2H3. The first-order valence-electron chi connectivity index (χ1n) is 19.7. The van der Waals surface area contributed by atoms with E-state index in [-0.39, 0.29) is 5.41 Å². The maximum atomic E-state index is 2.53. The minimum Gasteiger partial charge on any atom is -0.314 e. The maximum Gasteiger partial charge on any atom is 0.0547 e. The fourth-order valence-corrected chi connectivity index (χ4v) is 11.1. The Morgan fingerprint density at radius 1 is 0.536 bits per heavy atom. The summed E-state index contributed by atoms with van der Waals surface area (Å²) in [5.74, 6) is 0. The van der Waals surface area contributed by atoms with Gasteiger partial charge in [0.1, 0.15) is 0 Å². The molecule has 56 heavy (non-hydrogen) atoms. The maximum absolute atomic E-state index is 2.53. The molecule has 2 aliphatic carbocycles. The molecule has 2 heterocycles. The van der Waals surface area contributed by atoms with E-state index in [0.717, 1.165) is 12.8 Å². The lowest BCUT2D eigenvalue weighted by Crippen LogP contribution is -2.22. The molecule has 0 aliphatic heterocycles. The summed E-state index contributed by atoms with van der Waals surface area (Å²) in [6.07, 6.45) is 4.51. The van der Waals surface area contributed by atoms with E-state index in [0.29, 0.717) is 0 Å². The number of nitrogens with zero attached hydrogens (tertiary/aromatic N) is 2. The van der Waals surface area contributed by atoms with Crippen LogP contribution in [0.4, 0.5) is 11.4 Å². The summed E-state index contributed by atoms with van der Waals surface area (Å²) in [4.78, 5) is 2.51. The van der Waals surface area contributed by atoms with Crippen molar-refractivity contribution in [2.75, 3.05) is 4.90 Å². The van der Waals surface area contributed by atoms with Gasteiger partial charge in [-0.1, -0.05) is 117 Å². The molecular weight excluding hydrogens is 697 g/mol. The summed E-state index contributed by atoms with van der Waals surface area (Å²) < 4.78 is 5.18. The normalized spacial score (nSPS) is 15.0. The molecule has 0 saturated carbocycles. The molecule has 0 radical (unpaired) electrons. The zero-order valence-corrected chi connectivity index (χ0v) is 32.2. The number of benzene rings is 8. The lowest BCUT2D eigenvalue weighted by atomic mass is 9.79. The molecule has 0 atom stereocenters. The van der Waals surface area contributed by atoms with Gasteiger partial charge in [0.25, 0.3) is 0 Å². The topological polar surface area (TPSA) is 8.17 Å². The second-order valence-corrected chi connectivity index (χ2v) is 17.1. The third-order valence-electron chi connectivity index (χ3n) is 12.7. The van der Waals surface area contributed by atoms with E-state index in [1.165, 1.54) is 109 Å². The van der Waals surface area contributed by atoms with Crippen molar-refractivity contribution in [3.63, 3.8) is 0 Å². The van der Waals surface area contributed by atoms with Crippen LogP contribution >= 0.6 is 11.3 Å². The number of rotatable bonds is 4. The molecule has 12 rings (SSSR count). The van der Waals surface area contributed by atoms with Crippen molar-refractivity contribution < 1.29 is 0 Å². The predicted octanol–water partition coefficient (Wildman–Crippen LogP) is 15.0. The summed E-state index contributed by atoms with van der Waals surface area (Å²) >= 11 is 1.88. The minimum absolute atomic E-state index is 0.166. The Morgan fingerprint density at radius 3 is 1.91 bits per heavy atom. The minimum atomic E-state index is -0.166. The molecule has 0 saturated heterocycles. The molecule has 0 fully saturated rings. The average molecular weight is 735 g/mol. The van der Waals surface area contributed by atoms with Crippen LogP contribution in [0.25, 0.3) is 74.8 Å². The van der Waals surface area contributed by atoms with Gasteiger partial charge >= 0.3 is 0 Å². The van der Waals surface area contributed by atoms with Crippen LogP contribution in [-0.2, 0) is 5.41 Å². The summed E-state index contributed by atoms with van der Waals surface area (Å²) in [7, 11) is 0. The molecule has 2 aliphatic rings. The van der Waals surface area contributed by atoms with Crippen LogP contribution in [0.5, 0.6) is 0 Å². The summed E-state index contributed by atoms with van der Waals surface area (Å²) in [5, 5.41) is 10.5. The Kier molecular flexibility index (Phi) is 6.71. The largest absolute Gasteiger partial charge is 0.314 e. The van der Waals surface area contributed by atoms with Gasteiger partial charge in [0.15, 0.2) is 0 Å². The molecule has 0 amide bonds. The second kappa shape index (κ2) is 11.8. The van der Waals surface area contributed by atoms with Crippen molar-refractivity contribution in [1.82, 2.24) is 4.57 Å². The van der Waals surface area contributed by atoms with Gasteiger partial charge in [-0.05, 0) is 123 Å². The molecule has 2 nitrogen and oxygen atoms in total. The van der Waals surface area contributed by atoms with Crippen molar-refractivity contribution in [1.29, 1.82) is 0 Å². The van der Waals surface area contributed by atoms with E-state index in [1.54, 1.807) is 0 Å². The highest BCUT2D eigenvalue weighted by Crippen LogP contribution is 2.53. The molecular formula is C53H38N2S. The molecule has 0 spiro atoms. The Hall–Kier alpha value is -6.42. The van der Waals surface area contributed by atoms with Gasteiger partial charge in [0.05, 0.1) is 11.0 Å². The van der Waals surface area contributed by atoms with Crippen molar-refractivity contribution in [2.24, 2.45) is 0 Å². The molecule has 8 aromatic carbocycles. The smallest absolute Gasteiger partial charge is 0.0547 e. The number of hydrogen-bond donors (Lipinski definition) is 0. The number of fused-ring (bicyclic) bond motifs is 12. The highest BCUT2D eigenvalue weighted by Gasteiger charge is 2.39. The van der Waals surface area contributed by atoms with Gasteiger partial charge in [-0.15, -0.1) is 11.3 Å². The summed E-state index contributed by atoms with van der Waals surface area (Å²) in [5.41, 5.74) is 13.0. The lowest BCUT2D eigenvalue weighted by molar-refractivity contribution is 0.648. The molecule has 266 valence electrons. The van der Waals surface area contributed by atoms with E-state index >= 15 is 0 Å².